The Hall–Kier alpha value is -0.480. The Kier molecular flexibility index (Phi) is 3.81. The van der Waals surface area contributed by atoms with Crippen molar-refractivity contribution in [3.05, 3.63) is 15.2 Å². The summed E-state index contributed by atoms with van der Waals surface area (Å²) in [6.07, 6.45) is 1.88. The van der Waals surface area contributed by atoms with Crippen LogP contribution in [0, 0.1) is 14.9 Å². The van der Waals surface area contributed by atoms with Gasteiger partial charge in [0.1, 0.15) is 11.1 Å². The van der Waals surface area contributed by atoms with Gasteiger partial charge in [-0.1, -0.05) is 0 Å². The van der Waals surface area contributed by atoms with E-state index < -0.39 is 0 Å². The molecule has 13 heavy (non-hydrogen) atoms. The van der Waals surface area contributed by atoms with Crippen molar-refractivity contribution >= 4 is 34.4 Å². The predicted molar refractivity (Wildman–Crippen MR) is 60.0 cm³/mol. The molecule has 5 heteroatoms. The van der Waals surface area contributed by atoms with Crippen molar-refractivity contribution in [2.45, 2.75) is 5.03 Å². The first-order valence-electron chi connectivity index (χ1n) is 3.41. The average Bonchev–Trinajstić information content (AvgIpc) is 2.17. The molecule has 0 aliphatic rings. The molecule has 0 aliphatic heterocycles. The fourth-order valence-electron chi connectivity index (χ4n) is 0.835. The van der Waals surface area contributed by atoms with Gasteiger partial charge in [0.25, 0.3) is 0 Å². The van der Waals surface area contributed by atoms with E-state index in [-0.39, 0.29) is 0 Å². The van der Waals surface area contributed by atoms with Crippen molar-refractivity contribution in [2.75, 3.05) is 13.4 Å². The highest BCUT2D eigenvalue weighted by molar-refractivity contribution is 14.1. The highest BCUT2D eigenvalue weighted by atomic mass is 127. The number of pyridine rings is 1. The Balaban J connectivity index is 3.28. The molecule has 0 radical (unpaired) electrons. The lowest BCUT2D eigenvalue weighted by Gasteiger charge is -2.05. The van der Waals surface area contributed by atoms with E-state index in [1.165, 1.54) is 11.8 Å². The minimum atomic E-state index is 0.573. The van der Waals surface area contributed by atoms with Crippen molar-refractivity contribution in [3.63, 3.8) is 0 Å². The second-order valence-corrected chi connectivity index (χ2v) is 4.11. The van der Waals surface area contributed by atoms with Crippen LogP contribution in [0.3, 0.4) is 0 Å². The standard InChI is InChI=1S/C8H7IN2OS/c1-12-7-6(9)3-5(4-10)8(11-7)13-2/h3H,1-2H3. The third kappa shape index (κ3) is 2.25. The number of ether oxygens (including phenoxy) is 1. The van der Waals surface area contributed by atoms with Crippen LogP contribution in [0.1, 0.15) is 5.56 Å². The van der Waals surface area contributed by atoms with Gasteiger partial charge in [0.15, 0.2) is 0 Å². The summed E-state index contributed by atoms with van der Waals surface area (Å²) in [7, 11) is 1.57. The largest absolute Gasteiger partial charge is 0.480 e. The lowest BCUT2D eigenvalue weighted by atomic mass is 10.3. The van der Waals surface area contributed by atoms with Crippen LogP contribution >= 0.6 is 34.4 Å². The van der Waals surface area contributed by atoms with E-state index in [0.29, 0.717) is 16.5 Å². The quantitative estimate of drug-likeness (QED) is 0.621. The second-order valence-electron chi connectivity index (χ2n) is 2.15. The van der Waals surface area contributed by atoms with E-state index in [9.17, 15) is 0 Å². The van der Waals surface area contributed by atoms with E-state index >= 15 is 0 Å². The lowest BCUT2D eigenvalue weighted by molar-refractivity contribution is 0.391. The number of aromatic nitrogens is 1. The summed E-state index contributed by atoms with van der Waals surface area (Å²) in [4.78, 5) is 4.19. The SMILES string of the molecule is COc1nc(SC)c(C#N)cc1I. The first kappa shape index (κ1) is 10.6. The average molecular weight is 306 g/mol. The molecule has 68 valence electrons. The highest BCUT2D eigenvalue weighted by Gasteiger charge is 2.08. The highest BCUT2D eigenvalue weighted by Crippen LogP contribution is 2.25. The van der Waals surface area contributed by atoms with Gasteiger partial charge in [-0.2, -0.15) is 5.26 Å². The van der Waals surface area contributed by atoms with Gasteiger partial charge in [-0.25, -0.2) is 4.98 Å². The number of methoxy groups -OCH3 is 1. The van der Waals surface area contributed by atoms with Gasteiger partial charge in [0, 0.05) is 0 Å². The van der Waals surface area contributed by atoms with Gasteiger partial charge in [-0.05, 0) is 34.9 Å². The predicted octanol–water partition coefficient (Wildman–Crippen LogP) is 2.29. The number of hydrogen-bond donors (Lipinski definition) is 0. The molecule has 1 aromatic heterocycles. The minimum Gasteiger partial charge on any atom is -0.480 e. The maximum Gasteiger partial charge on any atom is 0.227 e. The molecule has 0 spiro atoms. The van der Waals surface area contributed by atoms with Crippen LogP contribution in [0.2, 0.25) is 0 Å². The van der Waals surface area contributed by atoms with Crippen molar-refractivity contribution < 1.29 is 4.74 Å². The molecule has 1 rings (SSSR count). The van der Waals surface area contributed by atoms with Gasteiger partial charge >= 0.3 is 0 Å². The third-order valence-corrected chi connectivity index (χ3v) is 2.89. The van der Waals surface area contributed by atoms with Crippen LogP contribution in [0.25, 0.3) is 0 Å². The molecular weight excluding hydrogens is 299 g/mol. The molecule has 1 heterocycles. The Labute approximate surface area is 94.6 Å². The van der Waals surface area contributed by atoms with Crippen LogP contribution in [0.5, 0.6) is 5.88 Å². The third-order valence-electron chi connectivity index (χ3n) is 1.42. The molecule has 0 saturated carbocycles. The van der Waals surface area contributed by atoms with Gasteiger partial charge < -0.3 is 4.74 Å². The van der Waals surface area contributed by atoms with E-state index in [1.54, 1.807) is 13.2 Å². The smallest absolute Gasteiger partial charge is 0.227 e. The molecule has 0 aromatic carbocycles. The fourth-order valence-corrected chi connectivity index (χ4v) is 1.99. The van der Waals surface area contributed by atoms with Crippen LogP contribution in [-0.2, 0) is 0 Å². The summed E-state index contributed by atoms with van der Waals surface area (Å²) in [6.45, 7) is 0. The Morgan fingerprint density at radius 3 is 2.85 bits per heavy atom. The first-order chi connectivity index (χ1) is 6.22. The maximum atomic E-state index is 8.79. The summed E-state index contributed by atoms with van der Waals surface area (Å²) in [5.41, 5.74) is 0.595. The zero-order chi connectivity index (χ0) is 9.84. The van der Waals surface area contributed by atoms with Crippen molar-refractivity contribution in [3.8, 4) is 11.9 Å². The van der Waals surface area contributed by atoms with E-state index in [1.807, 2.05) is 6.26 Å². The molecule has 0 N–H and O–H groups in total. The number of halogens is 1. The molecule has 0 fully saturated rings. The van der Waals surface area contributed by atoms with Gasteiger partial charge in [0.05, 0.1) is 16.2 Å². The van der Waals surface area contributed by atoms with Gasteiger partial charge in [-0.3, -0.25) is 0 Å². The molecule has 1 aromatic rings. The van der Waals surface area contributed by atoms with E-state index in [0.717, 1.165) is 3.57 Å². The van der Waals surface area contributed by atoms with E-state index in [4.69, 9.17) is 10.00 Å². The van der Waals surface area contributed by atoms with Crippen LogP contribution < -0.4 is 4.74 Å². The first-order valence-corrected chi connectivity index (χ1v) is 5.72. The molecule has 0 unspecified atom stereocenters. The topological polar surface area (TPSA) is 45.9 Å². The number of nitrogens with zero attached hydrogens (tertiary/aromatic N) is 2. The molecule has 0 aliphatic carbocycles. The number of nitriles is 1. The molecule has 0 amide bonds. The normalized spacial score (nSPS) is 9.38. The van der Waals surface area contributed by atoms with Crippen LogP contribution in [0.15, 0.2) is 11.1 Å². The Bertz CT molecular complexity index is 362. The number of hydrogen-bond acceptors (Lipinski definition) is 4. The number of thioether (sulfide) groups is 1. The van der Waals surface area contributed by atoms with Crippen LogP contribution in [-0.4, -0.2) is 18.3 Å². The fraction of sp³-hybridized carbons (Fsp3) is 0.250. The number of rotatable bonds is 2. The molecule has 0 bridgehead atoms. The summed E-state index contributed by atoms with van der Waals surface area (Å²) in [5.74, 6) is 0.573. The molecule has 0 atom stereocenters. The summed E-state index contributed by atoms with van der Waals surface area (Å²) in [6, 6.07) is 3.87. The Morgan fingerprint density at radius 1 is 1.69 bits per heavy atom. The van der Waals surface area contributed by atoms with Crippen molar-refractivity contribution in [1.29, 1.82) is 5.26 Å². The van der Waals surface area contributed by atoms with Crippen molar-refractivity contribution in [1.82, 2.24) is 4.98 Å². The minimum absolute atomic E-state index is 0.573. The second kappa shape index (κ2) is 4.67. The summed E-state index contributed by atoms with van der Waals surface area (Å²) >= 11 is 3.54. The van der Waals surface area contributed by atoms with Crippen LogP contribution in [0.4, 0.5) is 0 Å². The van der Waals surface area contributed by atoms with Gasteiger partial charge in [-0.15, -0.1) is 11.8 Å². The Morgan fingerprint density at radius 2 is 2.38 bits per heavy atom. The van der Waals surface area contributed by atoms with E-state index in [2.05, 4.69) is 33.6 Å². The van der Waals surface area contributed by atoms with Crippen molar-refractivity contribution in [2.24, 2.45) is 0 Å². The zero-order valence-corrected chi connectivity index (χ0v) is 10.1. The zero-order valence-electron chi connectivity index (χ0n) is 7.17. The molecule has 3 nitrogen and oxygen atoms in total. The lowest BCUT2D eigenvalue weighted by Crippen LogP contribution is -1.95. The molecular formula is C8H7IN2OS. The monoisotopic (exact) mass is 306 g/mol. The molecule has 0 saturated heterocycles. The summed E-state index contributed by atoms with van der Waals surface area (Å²) in [5, 5.41) is 9.50. The van der Waals surface area contributed by atoms with Gasteiger partial charge in [0.2, 0.25) is 5.88 Å². The maximum absolute atomic E-state index is 8.79. The summed E-state index contributed by atoms with van der Waals surface area (Å²) < 4.78 is 5.90.